The number of sulfonamides is 1. The Labute approximate surface area is 246 Å². The molecule has 214 valence electrons. The molecule has 0 aliphatic rings. The molecular formula is C31H38BrN3O4S. The lowest BCUT2D eigenvalue weighted by atomic mass is 10.0. The van der Waals surface area contributed by atoms with Crippen LogP contribution in [0.5, 0.6) is 0 Å². The van der Waals surface area contributed by atoms with Crippen molar-refractivity contribution in [2.75, 3.05) is 17.1 Å². The van der Waals surface area contributed by atoms with Gasteiger partial charge in [-0.1, -0.05) is 83.0 Å². The first-order valence-electron chi connectivity index (χ1n) is 13.3. The van der Waals surface area contributed by atoms with Gasteiger partial charge in [0.15, 0.2) is 0 Å². The molecule has 2 unspecified atom stereocenters. The zero-order chi connectivity index (χ0) is 29.4. The molecular weight excluding hydrogens is 590 g/mol. The summed E-state index contributed by atoms with van der Waals surface area (Å²) in [7, 11) is -3.81. The lowest BCUT2D eigenvalue weighted by Gasteiger charge is -2.34. The molecule has 0 saturated carbocycles. The molecule has 0 saturated heterocycles. The summed E-state index contributed by atoms with van der Waals surface area (Å²) in [6.07, 6.45) is 2.11. The smallest absolute Gasteiger partial charge is 0.244 e. The predicted octanol–water partition coefficient (Wildman–Crippen LogP) is 5.39. The number of halogens is 1. The number of anilines is 1. The standard InChI is InChI=1S/C31H38BrN3O4S/c1-6-24(4)33-31(37)29(19-25-12-8-7-9-13-25)34(20-26-14-10-11-22(2)17-26)30(36)21-35(40(5,38)39)27-15-16-28(32)23(3)18-27/h7-18,24,29H,6,19-21H2,1-5H3,(H,33,37). The summed E-state index contributed by atoms with van der Waals surface area (Å²) in [6.45, 7) is 7.45. The summed E-state index contributed by atoms with van der Waals surface area (Å²) in [5.74, 6) is -0.739. The minimum atomic E-state index is -3.81. The predicted molar refractivity (Wildman–Crippen MR) is 165 cm³/mol. The van der Waals surface area contributed by atoms with Crippen molar-refractivity contribution in [1.82, 2.24) is 10.2 Å². The molecule has 9 heteroatoms. The highest BCUT2D eigenvalue weighted by Gasteiger charge is 2.33. The van der Waals surface area contributed by atoms with Gasteiger partial charge in [-0.05, 0) is 62.1 Å². The lowest BCUT2D eigenvalue weighted by molar-refractivity contribution is -0.140. The minimum absolute atomic E-state index is 0.0834. The van der Waals surface area contributed by atoms with Gasteiger partial charge < -0.3 is 10.2 Å². The Morgan fingerprint density at radius 1 is 0.950 bits per heavy atom. The lowest BCUT2D eigenvalue weighted by Crippen LogP contribution is -2.54. The SMILES string of the molecule is CCC(C)NC(=O)C(Cc1ccccc1)N(Cc1cccc(C)c1)C(=O)CN(c1ccc(Br)c(C)c1)S(C)(=O)=O. The fraction of sp³-hybridized carbons (Fsp3) is 0.355. The summed E-state index contributed by atoms with van der Waals surface area (Å²) in [6, 6.07) is 21.5. The number of carbonyl (C=O) groups excluding carboxylic acids is 2. The molecule has 2 atom stereocenters. The van der Waals surface area contributed by atoms with E-state index in [1.54, 1.807) is 18.2 Å². The van der Waals surface area contributed by atoms with Crippen LogP contribution in [0.3, 0.4) is 0 Å². The zero-order valence-corrected chi connectivity index (χ0v) is 26.1. The molecule has 0 fully saturated rings. The van der Waals surface area contributed by atoms with Crippen LogP contribution in [0.2, 0.25) is 0 Å². The second kappa shape index (κ2) is 13.9. The van der Waals surface area contributed by atoms with Crippen LogP contribution in [-0.4, -0.2) is 50.0 Å². The highest BCUT2D eigenvalue weighted by molar-refractivity contribution is 9.10. The molecule has 0 radical (unpaired) electrons. The second-order valence-electron chi connectivity index (χ2n) is 10.2. The summed E-state index contributed by atoms with van der Waals surface area (Å²) < 4.78 is 27.8. The number of hydrogen-bond donors (Lipinski definition) is 1. The monoisotopic (exact) mass is 627 g/mol. The van der Waals surface area contributed by atoms with Gasteiger partial charge in [0.1, 0.15) is 12.6 Å². The molecule has 40 heavy (non-hydrogen) atoms. The molecule has 7 nitrogen and oxygen atoms in total. The van der Waals surface area contributed by atoms with Crippen molar-refractivity contribution in [3.8, 4) is 0 Å². The fourth-order valence-electron chi connectivity index (χ4n) is 4.40. The molecule has 0 aliphatic carbocycles. The van der Waals surface area contributed by atoms with Crippen LogP contribution in [-0.2, 0) is 32.6 Å². The van der Waals surface area contributed by atoms with Crippen molar-refractivity contribution < 1.29 is 18.0 Å². The number of nitrogens with zero attached hydrogens (tertiary/aromatic N) is 2. The first-order chi connectivity index (χ1) is 18.9. The Balaban J connectivity index is 2.07. The molecule has 0 heterocycles. The highest BCUT2D eigenvalue weighted by atomic mass is 79.9. The first-order valence-corrected chi connectivity index (χ1v) is 16.0. The average molecular weight is 629 g/mol. The van der Waals surface area contributed by atoms with Gasteiger partial charge in [0.05, 0.1) is 11.9 Å². The largest absolute Gasteiger partial charge is 0.352 e. The fourth-order valence-corrected chi connectivity index (χ4v) is 5.49. The van der Waals surface area contributed by atoms with Crippen LogP contribution in [0.1, 0.15) is 42.5 Å². The number of hydrogen-bond acceptors (Lipinski definition) is 4. The number of rotatable bonds is 12. The van der Waals surface area contributed by atoms with E-state index in [9.17, 15) is 18.0 Å². The van der Waals surface area contributed by atoms with E-state index in [4.69, 9.17) is 0 Å². The molecule has 3 rings (SSSR count). The Kier molecular flexibility index (Phi) is 10.9. The molecule has 0 aromatic heterocycles. The Bertz CT molecular complexity index is 1430. The Hall–Kier alpha value is -3.17. The van der Waals surface area contributed by atoms with E-state index in [0.29, 0.717) is 5.69 Å². The van der Waals surface area contributed by atoms with E-state index in [0.717, 1.165) is 43.7 Å². The van der Waals surface area contributed by atoms with E-state index < -0.39 is 28.5 Å². The summed E-state index contributed by atoms with van der Waals surface area (Å²) >= 11 is 3.45. The Morgan fingerprint density at radius 2 is 1.62 bits per heavy atom. The summed E-state index contributed by atoms with van der Waals surface area (Å²) in [4.78, 5) is 29.4. The van der Waals surface area contributed by atoms with Gasteiger partial charge in [0.25, 0.3) is 0 Å². The molecule has 0 aliphatic heterocycles. The van der Waals surface area contributed by atoms with E-state index in [1.807, 2.05) is 82.3 Å². The van der Waals surface area contributed by atoms with Crippen molar-refractivity contribution in [2.45, 2.75) is 59.2 Å². The van der Waals surface area contributed by atoms with Gasteiger partial charge in [-0.3, -0.25) is 13.9 Å². The molecule has 2 amide bonds. The number of benzene rings is 3. The van der Waals surface area contributed by atoms with E-state index >= 15 is 0 Å². The van der Waals surface area contributed by atoms with Gasteiger partial charge in [-0.25, -0.2) is 8.42 Å². The number of nitrogens with one attached hydrogen (secondary N) is 1. The first kappa shape index (κ1) is 31.4. The number of amides is 2. The van der Waals surface area contributed by atoms with Crippen molar-refractivity contribution in [1.29, 1.82) is 0 Å². The normalized spacial score (nSPS) is 12.8. The molecule has 1 N–H and O–H groups in total. The zero-order valence-electron chi connectivity index (χ0n) is 23.7. The molecule has 3 aromatic rings. The van der Waals surface area contributed by atoms with E-state index in [-0.39, 0.29) is 24.9 Å². The van der Waals surface area contributed by atoms with Crippen molar-refractivity contribution in [2.24, 2.45) is 0 Å². The van der Waals surface area contributed by atoms with Crippen molar-refractivity contribution >= 4 is 43.5 Å². The summed E-state index contributed by atoms with van der Waals surface area (Å²) in [5.41, 5.74) is 4.00. The molecule has 0 spiro atoms. The van der Waals surface area contributed by atoms with Crippen LogP contribution in [0.4, 0.5) is 5.69 Å². The number of aryl methyl sites for hydroxylation is 2. The van der Waals surface area contributed by atoms with Crippen LogP contribution in [0.25, 0.3) is 0 Å². The third-order valence-corrected chi connectivity index (χ3v) is 8.85. The minimum Gasteiger partial charge on any atom is -0.352 e. The maximum Gasteiger partial charge on any atom is 0.244 e. The third kappa shape index (κ3) is 8.66. The van der Waals surface area contributed by atoms with Gasteiger partial charge in [0.2, 0.25) is 21.8 Å². The van der Waals surface area contributed by atoms with Gasteiger partial charge in [0, 0.05) is 23.5 Å². The topological polar surface area (TPSA) is 86.8 Å². The van der Waals surface area contributed by atoms with Crippen LogP contribution in [0.15, 0.2) is 77.3 Å². The van der Waals surface area contributed by atoms with Gasteiger partial charge in [-0.15, -0.1) is 0 Å². The average Bonchev–Trinajstić information content (AvgIpc) is 2.90. The Morgan fingerprint density at radius 3 is 2.23 bits per heavy atom. The quantitative estimate of drug-likeness (QED) is 0.292. The maximum absolute atomic E-state index is 14.1. The third-order valence-electron chi connectivity index (χ3n) is 6.82. The highest BCUT2D eigenvalue weighted by Crippen LogP contribution is 2.25. The van der Waals surface area contributed by atoms with Gasteiger partial charge in [-0.2, -0.15) is 0 Å². The van der Waals surface area contributed by atoms with Crippen LogP contribution >= 0.6 is 15.9 Å². The van der Waals surface area contributed by atoms with Crippen LogP contribution < -0.4 is 9.62 Å². The maximum atomic E-state index is 14.1. The van der Waals surface area contributed by atoms with Crippen molar-refractivity contribution in [3.05, 3.63) is 99.5 Å². The molecule has 0 bridgehead atoms. The number of carbonyl (C=O) groups is 2. The second-order valence-corrected chi connectivity index (χ2v) is 13.0. The summed E-state index contributed by atoms with van der Waals surface area (Å²) in [5, 5.41) is 3.04. The van der Waals surface area contributed by atoms with Crippen LogP contribution in [0, 0.1) is 13.8 Å². The van der Waals surface area contributed by atoms with Crippen molar-refractivity contribution in [3.63, 3.8) is 0 Å². The van der Waals surface area contributed by atoms with E-state index in [2.05, 4.69) is 21.2 Å². The van der Waals surface area contributed by atoms with Gasteiger partial charge >= 0.3 is 0 Å². The molecule has 3 aromatic carbocycles. The van der Waals surface area contributed by atoms with E-state index in [1.165, 1.54) is 4.90 Å².